The lowest BCUT2D eigenvalue weighted by Gasteiger charge is -2.12. The van der Waals surface area contributed by atoms with Crippen molar-refractivity contribution in [3.8, 4) is 5.75 Å². The monoisotopic (exact) mass is 283 g/mol. The van der Waals surface area contributed by atoms with Crippen molar-refractivity contribution in [2.75, 3.05) is 13.2 Å². The Morgan fingerprint density at radius 1 is 1.37 bits per heavy atom. The second-order valence-electron chi connectivity index (χ2n) is 4.09. The third kappa shape index (κ3) is 3.72. The van der Waals surface area contributed by atoms with Crippen LogP contribution in [0.25, 0.3) is 0 Å². The van der Waals surface area contributed by atoms with E-state index in [4.69, 9.17) is 20.8 Å². The van der Waals surface area contributed by atoms with Gasteiger partial charge in [0.15, 0.2) is 11.6 Å². The Balaban J connectivity index is 1.76. The van der Waals surface area contributed by atoms with E-state index in [9.17, 15) is 4.39 Å². The lowest BCUT2D eigenvalue weighted by Crippen LogP contribution is -2.24. The minimum Gasteiger partial charge on any atom is -0.489 e. The van der Waals surface area contributed by atoms with Crippen molar-refractivity contribution in [1.82, 2.24) is 5.32 Å². The zero-order valence-electron chi connectivity index (χ0n) is 10.5. The molecule has 0 radical (unpaired) electrons. The summed E-state index contributed by atoms with van der Waals surface area (Å²) in [5.41, 5.74) is 0. The summed E-state index contributed by atoms with van der Waals surface area (Å²) in [5.74, 6) is 0.497. The van der Waals surface area contributed by atoms with Gasteiger partial charge in [-0.05, 0) is 31.2 Å². The number of rotatable bonds is 6. The van der Waals surface area contributed by atoms with Gasteiger partial charge in [-0.25, -0.2) is 4.39 Å². The van der Waals surface area contributed by atoms with E-state index in [0.717, 1.165) is 5.76 Å². The van der Waals surface area contributed by atoms with Crippen LogP contribution in [-0.2, 0) is 0 Å². The minimum absolute atomic E-state index is 0.0643. The Kier molecular flexibility index (Phi) is 4.82. The molecule has 3 nitrogen and oxygen atoms in total. The van der Waals surface area contributed by atoms with Gasteiger partial charge in [0.25, 0.3) is 0 Å². The van der Waals surface area contributed by atoms with Gasteiger partial charge in [0, 0.05) is 6.54 Å². The van der Waals surface area contributed by atoms with Gasteiger partial charge in [-0.3, -0.25) is 0 Å². The predicted octanol–water partition coefficient (Wildman–Crippen LogP) is 3.80. The molecule has 1 aromatic carbocycles. The molecule has 1 atom stereocenters. The molecule has 2 rings (SSSR count). The Morgan fingerprint density at radius 2 is 2.21 bits per heavy atom. The molecule has 0 saturated heterocycles. The first-order chi connectivity index (χ1) is 9.18. The zero-order chi connectivity index (χ0) is 13.7. The van der Waals surface area contributed by atoms with Crippen molar-refractivity contribution in [3.63, 3.8) is 0 Å². The summed E-state index contributed by atoms with van der Waals surface area (Å²) >= 11 is 5.66. The van der Waals surface area contributed by atoms with Crippen LogP contribution in [0.1, 0.15) is 18.7 Å². The Bertz CT molecular complexity index is 516. The maximum atomic E-state index is 13.5. The zero-order valence-corrected chi connectivity index (χ0v) is 11.3. The van der Waals surface area contributed by atoms with Crippen LogP contribution in [0.3, 0.4) is 0 Å². The summed E-state index contributed by atoms with van der Waals surface area (Å²) in [6.07, 6.45) is 1.63. The predicted molar refractivity (Wildman–Crippen MR) is 72.0 cm³/mol. The van der Waals surface area contributed by atoms with Crippen molar-refractivity contribution in [1.29, 1.82) is 0 Å². The molecule has 0 spiro atoms. The van der Waals surface area contributed by atoms with E-state index in [-0.39, 0.29) is 16.8 Å². The van der Waals surface area contributed by atoms with E-state index in [0.29, 0.717) is 13.2 Å². The molecule has 0 amide bonds. The molecule has 102 valence electrons. The van der Waals surface area contributed by atoms with Gasteiger partial charge in [-0.1, -0.05) is 17.7 Å². The number of benzene rings is 1. The smallest absolute Gasteiger partial charge is 0.183 e. The largest absolute Gasteiger partial charge is 0.489 e. The van der Waals surface area contributed by atoms with E-state index < -0.39 is 5.82 Å². The standard InChI is InChI=1S/C14H15ClFNO2/c1-10(12-6-3-8-18-12)17-7-9-19-13-5-2-4-11(15)14(13)16/h2-6,8,10,17H,7,9H2,1H3. The van der Waals surface area contributed by atoms with Gasteiger partial charge < -0.3 is 14.5 Å². The van der Waals surface area contributed by atoms with E-state index >= 15 is 0 Å². The summed E-state index contributed by atoms with van der Waals surface area (Å²) in [6.45, 7) is 2.91. The molecule has 0 aliphatic heterocycles. The highest BCUT2D eigenvalue weighted by Gasteiger charge is 2.09. The van der Waals surface area contributed by atoms with Crippen LogP contribution in [0, 0.1) is 5.82 Å². The van der Waals surface area contributed by atoms with E-state index in [1.54, 1.807) is 18.4 Å². The van der Waals surface area contributed by atoms with Crippen molar-refractivity contribution in [2.24, 2.45) is 0 Å². The van der Waals surface area contributed by atoms with E-state index in [1.165, 1.54) is 6.07 Å². The molecule has 0 bridgehead atoms. The van der Waals surface area contributed by atoms with Crippen LogP contribution in [0.2, 0.25) is 5.02 Å². The highest BCUT2D eigenvalue weighted by molar-refractivity contribution is 6.30. The molecule has 0 aliphatic rings. The topological polar surface area (TPSA) is 34.4 Å². The molecular weight excluding hydrogens is 269 g/mol. The van der Waals surface area contributed by atoms with Crippen molar-refractivity contribution >= 4 is 11.6 Å². The Hall–Kier alpha value is -1.52. The second kappa shape index (κ2) is 6.59. The van der Waals surface area contributed by atoms with Gasteiger partial charge in [0.05, 0.1) is 17.3 Å². The Labute approximate surface area is 116 Å². The SMILES string of the molecule is CC(NCCOc1cccc(Cl)c1F)c1ccco1. The number of halogens is 2. The summed E-state index contributed by atoms with van der Waals surface area (Å²) in [5, 5.41) is 3.28. The maximum absolute atomic E-state index is 13.5. The van der Waals surface area contributed by atoms with Gasteiger partial charge in [-0.2, -0.15) is 0 Å². The van der Waals surface area contributed by atoms with Crippen molar-refractivity contribution < 1.29 is 13.5 Å². The van der Waals surface area contributed by atoms with Crippen LogP contribution >= 0.6 is 11.6 Å². The van der Waals surface area contributed by atoms with Crippen LogP contribution in [0.15, 0.2) is 41.0 Å². The van der Waals surface area contributed by atoms with Crippen LogP contribution in [-0.4, -0.2) is 13.2 Å². The number of furan rings is 1. The number of nitrogens with one attached hydrogen (secondary N) is 1. The van der Waals surface area contributed by atoms with Gasteiger partial charge >= 0.3 is 0 Å². The second-order valence-corrected chi connectivity index (χ2v) is 4.50. The van der Waals surface area contributed by atoms with Crippen LogP contribution < -0.4 is 10.1 Å². The average molecular weight is 284 g/mol. The summed E-state index contributed by atoms with van der Waals surface area (Å²) in [7, 11) is 0. The molecule has 2 aromatic rings. The number of hydrogen-bond donors (Lipinski definition) is 1. The van der Waals surface area contributed by atoms with Crippen molar-refractivity contribution in [3.05, 3.63) is 53.2 Å². The lowest BCUT2D eigenvalue weighted by molar-refractivity contribution is 0.289. The molecule has 1 N–H and O–H groups in total. The molecule has 1 unspecified atom stereocenters. The first kappa shape index (κ1) is 13.9. The van der Waals surface area contributed by atoms with Crippen molar-refractivity contribution in [2.45, 2.75) is 13.0 Å². The minimum atomic E-state index is -0.525. The molecule has 1 heterocycles. The quantitative estimate of drug-likeness (QED) is 0.819. The highest BCUT2D eigenvalue weighted by atomic mass is 35.5. The number of ether oxygens (including phenoxy) is 1. The molecule has 0 aliphatic carbocycles. The fraction of sp³-hybridized carbons (Fsp3) is 0.286. The lowest BCUT2D eigenvalue weighted by atomic mass is 10.2. The fourth-order valence-electron chi connectivity index (χ4n) is 1.67. The van der Waals surface area contributed by atoms with Gasteiger partial charge in [-0.15, -0.1) is 0 Å². The summed E-state index contributed by atoms with van der Waals surface area (Å²) in [4.78, 5) is 0. The normalized spacial score (nSPS) is 12.4. The third-order valence-electron chi connectivity index (χ3n) is 2.70. The first-order valence-corrected chi connectivity index (χ1v) is 6.40. The van der Waals surface area contributed by atoms with Crippen LogP contribution in [0.5, 0.6) is 5.75 Å². The molecule has 0 saturated carbocycles. The average Bonchev–Trinajstić information content (AvgIpc) is 2.93. The highest BCUT2D eigenvalue weighted by Crippen LogP contribution is 2.23. The molecule has 5 heteroatoms. The first-order valence-electron chi connectivity index (χ1n) is 6.02. The number of hydrogen-bond acceptors (Lipinski definition) is 3. The molecule has 19 heavy (non-hydrogen) atoms. The third-order valence-corrected chi connectivity index (χ3v) is 2.99. The fourth-order valence-corrected chi connectivity index (χ4v) is 1.84. The van der Waals surface area contributed by atoms with E-state index in [2.05, 4.69) is 5.32 Å². The van der Waals surface area contributed by atoms with Crippen LogP contribution in [0.4, 0.5) is 4.39 Å². The van der Waals surface area contributed by atoms with E-state index in [1.807, 2.05) is 19.1 Å². The van der Waals surface area contributed by atoms with Gasteiger partial charge in [0.1, 0.15) is 12.4 Å². The molecule has 0 fully saturated rings. The Morgan fingerprint density at radius 3 is 2.95 bits per heavy atom. The summed E-state index contributed by atoms with van der Waals surface area (Å²) < 4.78 is 24.1. The maximum Gasteiger partial charge on any atom is 0.183 e. The van der Waals surface area contributed by atoms with Gasteiger partial charge in [0.2, 0.25) is 0 Å². The molecule has 1 aromatic heterocycles. The molecular formula is C14H15ClFNO2. The summed E-state index contributed by atoms with van der Waals surface area (Å²) in [6, 6.07) is 8.51.